The Morgan fingerprint density at radius 2 is 2.12 bits per heavy atom. The standard InChI is InChI=1S/C19H16BrClN2O2/c1-12-5-6-15(10-16(12)21)23-18(24)7-8-19-22-11-17(25-19)13-3-2-4-14(20)9-13/h2-6,9-11H,7-8H2,1H3,(H,23,24). The summed E-state index contributed by atoms with van der Waals surface area (Å²) >= 11 is 9.50. The highest BCUT2D eigenvalue weighted by Crippen LogP contribution is 2.24. The average Bonchev–Trinajstić information content (AvgIpc) is 3.05. The van der Waals surface area contributed by atoms with Gasteiger partial charge in [0.1, 0.15) is 0 Å². The van der Waals surface area contributed by atoms with E-state index in [1.807, 2.05) is 43.3 Å². The van der Waals surface area contributed by atoms with Gasteiger partial charge in [-0.25, -0.2) is 4.98 Å². The minimum Gasteiger partial charge on any atom is -0.441 e. The van der Waals surface area contributed by atoms with Crippen LogP contribution in [-0.2, 0) is 11.2 Å². The number of hydrogen-bond donors (Lipinski definition) is 1. The van der Waals surface area contributed by atoms with Crippen molar-refractivity contribution in [3.63, 3.8) is 0 Å². The third kappa shape index (κ3) is 4.71. The zero-order valence-electron chi connectivity index (χ0n) is 13.6. The van der Waals surface area contributed by atoms with Gasteiger partial charge < -0.3 is 9.73 Å². The summed E-state index contributed by atoms with van der Waals surface area (Å²) in [5.41, 5.74) is 2.59. The van der Waals surface area contributed by atoms with E-state index in [0.717, 1.165) is 15.6 Å². The molecule has 0 radical (unpaired) electrons. The minimum atomic E-state index is -0.109. The average molecular weight is 420 g/mol. The number of aryl methyl sites for hydroxylation is 2. The molecular weight excluding hydrogens is 404 g/mol. The number of nitrogens with one attached hydrogen (secondary N) is 1. The summed E-state index contributed by atoms with van der Waals surface area (Å²) in [6.07, 6.45) is 2.39. The van der Waals surface area contributed by atoms with Gasteiger partial charge in [0.05, 0.1) is 6.20 Å². The molecule has 6 heteroatoms. The van der Waals surface area contributed by atoms with E-state index in [0.29, 0.717) is 28.8 Å². The van der Waals surface area contributed by atoms with Gasteiger partial charge in [-0.15, -0.1) is 0 Å². The summed E-state index contributed by atoms with van der Waals surface area (Å²) in [7, 11) is 0. The number of aromatic nitrogens is 1. The van der Waals surface area contributed by atoms with Crippen molar-refractivity contribution < 1.29 is 9.21 Å². The molecule has 0 aliphatic rings. The van der Waals surface area contributed by atoms with Crippen molar-refractivity contribution in [1.82, 2.24) is 4.98 Å². The van der Waals surface area contributed by atoms with Crippen LogP contribution in [0.1, 0.15) is 17.9 Å². The van der Waals surface area contributed by atoms with Gasteiger partial charge in [-0.05, 0) is 36.8 Å². The molecule has 1 amide bonds. The van der Waals surface area contributed by atoms with E-state index in [1.54, 1.807) is 12.3 Å². The summed E-state index contributed by atoms with van der Waals surface area (Å²) in [4.78, 5) is 16.3. The molecule has 1 heterocycles. The maximum Gasteiger partial charge on any atom is 0.224 e. The minimum absolute atomic E-state index is 0.109. The lowest BCUT2D eigenvalue weighted by Crippen LogP contribution is -2.12. The van der Waals surface area contributed by atoms with Crippen LogP contribution in [0.4, 0.5) is 5.69 Å². The van der Waals surface area contributed by atoms with E-state index in [9.17, 15) is 4.79 Å². The maximum absolute atomic E-state index is 12.1. The normalized spacial score (nSPS) is 10.7. The van der Waals surface area contributed by atoms with Gasteiger partial charge in [-0.1, -0.05) is 45.7 Å². The lowest BCUT2D eigenvalue weighted by atomic mass is 10.2. The molecule has 0 unspecified atom stereocenters. The number of oxazole rings is 1. The number of benzene rings is 2. The van der Waals surface area contributed by atoms with Crippen LogP contribution in [0.3, 0.4) is 0 Å². The first-order valence-electron chi connectivity index (χ1n) is 7.78. The Morgan fingerprint density at radius 3 is 2.88 bits per heavy atom. The number of anilines is 1. The van der Waals surface area contributed by atoms with Crippen LogP contribution in [0.25, 0.3) is 11.3 Å². The number of carbonyl (C=O) groups excluding carboxylic acids is 1. The molecule has 0 bridgehead atoms. The van der Waals surface area contributed by atoms with Gasteiger partial charge in [0.15, 0.2) is 11.7 Å². The summed E-state index contributed by atoms with van der Waals surface area (Å²) in [5.74, 6) is 1.11. The molecule has 25 heavy (non-hydrogen) atoms. The van der Waals surface area contributed by atoms with Gasteiger partial charge in [-0.3, -0.25) is 4.79 Å². The Morgan fingerprint density at radius 1 is 1.28 bits per heavy atom. The highest BCUT2D eigenvalue weighted by Gasteiger charge is 2.10. The largest absolute Gasteiger partial charge is 0.441 e. The van der Waals surface area contributed by atoms with Crippen molar-refractivity contribution in [2.45, 2.75) is 19.8 Å². The van der Waals surface area contributed by atoms with Crippen LogP contribution in [0.2, 0.25) is 5.02 Å². The Hall–Kier alpha value is -2.11. The zero-order chi connectivity index (χ0) is 17.8. The number of nitrogens with zero attached hydrogens (tertiary/aromatic N) is 1. The first-order valence-corrected chi connectivity index (χ1v) is 8.95. The molecule has 3 aromatic rings. The number of carbonyl (C=O) groups is 1. The second-order valence-corrected chi connectivity index (χ2v) is 6.96. The second kappa shape index (κ2) is 7.85. The van der Waals surface area contributed by atoms with E-state index in [2.05, 4.69) is 26.2 Å². The molecule has 0 aliphatic heterocycles. The molecule has 0 aliphatic carbocycles. The van der Waals surface area contributed by atoms with E-state index in [1.165, 1.54) is 0 Å². The van der Waals surface area contributed by atoms with Crippen molar-refractivity contribution in [3.05, 3.63) is 69.6 Å². The van der Waals surface area contributed by atoms with Gasteiger partial charge in [0.2, 0.25) is 5.91 Å². The maximum atomic E-state index is 12.1. The monoisotopic (exact) mass is 418 g/mol. The molecule has 1 N–H and O–H groups in total. The quantitative estimate of drug-likeness (QED) is 0.582. The number of halogens is 2. The van der Waals surface area contributed by atoms with Gasteiger partial charge in [-0.2, -0.15) is 0 Å². The van der Waals surface area contributed by atoms with E-state index in [-0.39, 0.29) is 12.3 Å². The Balaban J connectivity index is 1.58. The van der Waals surface area contributed by atoms with Crippen LogP contribution in [-0.4, -0.2) is 10.9 Å². The Kier molecular flexibility index (Phi) is 5.56. The Labute approximate surface area is 159 Å². The van der Waals surface area contributed by atoms with Gasteiger partial charge >= 0.3 is 0 Å². The zero-order valence-corrected chi connectivity index (χ0v) is 15.9. The number of rotatable bonds is 5. The molecule has 2 aromatic carbocycles. The van der Waals surface area contributed by atoms with Crippen molar-refractivity contribution in [2.24, 2.45) is 0 Å². The third-order valence-electron chi connectivity index (χ3n) is 3.68. The van der Waals surface area contributed by atoms with Gasteiger partial charge in [0, 0.05) is 33.6 Å². The Bertz CT molecular complexity index is 908. The lowest BCUT2D eigenvalue weighted by molar-refractivity contribution is -0.116. The smallest absolute Gasteiger partial charge is 0.224 e. The van der Waals surface area contributed by atoms with Gasteiger partial charge in [0.25, 0.3) is 0 Å². The molecule has 0 saturated heterocycles. The van der Waals surface area contributed by atoms with Crippen molar-refractivity contribution in [3.8, 4) is 11.3 Å². The lowest BCUT2D eigenvalue weighted by Gasteiger charge is -2.06. The van der Waals surface area contributed by atoms with E-state index in [4.69, 9.17) is 16.0 Å². The fraction of sp³-hybridized carbons (Fsp3) is 0.158. The van der Waals surface area contributed by atoms with Crippen LogP contribution >= 0.6 is 27.5 Å². The molecule has 3 rings (SSSR count). The predicted molar refractivity (Wildman–Crippen MR) is 103 cm³/mol. The number of hydrogen-bond acceptors (Lipinski definition) is 3. The first-order chi connectivity index (χ1) is 12.0. The molecule has 0 spiro atoms. The second-order valence-electron chi connectivity index (χ2n) is 5.64. The summed E-state index contributed by atoms with van der Waals surface area (Å²) in [5, 5.41) is 3.46. The molecular formula is C19H16BrClN2O2. The first kappa shape index (κ1) is 17.7. The predicted octanol–water partition coefficient (Wildman–Crippen LogP) is 5.64. The molecule has 4 nitrogen and oxygen atoms in total. The van der Waals surface area contributed by atoms with Crippen LogP contribution in [0.5, 0.6) is 0 Å². The van der Waals surface area contributed by atoms with Crippen molar-refractivity contribution in [1.29, 1.82) is 0 Å². The summed E-state index contributed by atoms with van der Waals surface area (Å²) in [6.45, 7) is 1.92. The van der Waals surface area contributed by atoms with Crippen molar-refractivity contribution in [2.75, 3.05) is 5.32 Å². The molecule has 0 saturated carbocycles. The molecule has 0 atom stereocenters. The third-order valence-corrected chi connectivity index (χ3v) is 4.58. The fourth-order valence-corrected chi connectivity index (χ4v) is 2.90. The summed E-state index contributed by atoms with van der Waals surface area (Å²) < 4.78 is 6.70. The SMILES string of the molecule is Cc1ccc(NC(=O)CCc2ncc(-c3cccc(Br)c3)o2)cc1Cl. The molecule has 128 valence electrons. The van der Waals surface area contributed by atoms with E-state index >= 15 is 0 Å². The van der Waals surface area contributed by atoms with Crippen LogP contribution < -0.4 is 5.32 Å². The molecule has 1 aromatic heterocycles. The number of amides is 1. The van der Waals surface area contributed by atoms with E-state index < -0.39 is 0 Å². The van der Waals surface area contributed by atoms with Crippen LogP contribution in [0.15, 0.2) is 57.6 Å². The fourth-order valence-electron chi connectivity index (χ4n) is 2.32. The highest BCUT2D eigenvalue weighted by molar-refractivity contribution is 9.10. The summed E-state index contributed by atoms with van der Waals surface area (Å²) in [6, 6.07) is 13.2. The molecule has 0 fully saturated rings. The highest BCUT2D eigenvalue weighted by atomic mass is 79.9. The van der Waals surface area contributed by atoms with Crippen LogP contribution in [0, 0.1) is 6.92 Å². The topological polar surface area (TPSA) is 55.1 Å². The van der Waals surface area contributed by atoms with Crippen molar-refractivity contribution >= 4 is 39.1 Å².